The zero-order chi connectivity index (χ0) is 12.2. The van der Waals surface area contributed by atoms with Gasteiger partial charge in [-0.05, 0) is 0 Å². The van der Waals surface area contributed by atoms with Gasteiger partial charge in [0.25, 0.3) is 0 Å². The van der Waals surface area contributed by atoms with Gasteiger partial charge in [0.2, 0.25) is 0 Å². The van der Waals surface area contributed by atoms with Gasteiger partial charge in [0.15, 0.2) is 0 Å². The van der Waals surface area contributed by atoms with Crippen LogP contribution in [0.5, 0.6) is 5.75 Å². The second kappa shape index (κ2) is 5.52. The van der Waals surface area contributed by atoms with Gasteiger partial charge in [-0.25, -0.2) is 0 Å². The maximum absolute atomic E-state index is 10.9. The first-order valence-corrected chi connectivity index (χ1v) is 7.89. The Morgan fingerprint density at radius 2 is 1.81 bits per heavy atom. The van der Waals surface area contributed by atoms with E-state index in [0.29, 0.717) is 5.75 Å². The summed E-state index contributed by atoms with van der Waals surface area (Å²) < 4.78 is 33.7. The van der Waals surface area contributed by atoms with E-state index in [-0.39, 0.29) is 11.0 Å². The Kier molecular flexibility index (Phi) is 4.58. The van der Waals surface area contributed by atoms with Crippen molar-refractivity contribution in [3.05, 3.63) is 24.3 Å². The van der Waals surface area contributed by atoms with Crippen LogP contribution in [0.25, 0.3) is 0 Å². The second-order valence-electron chi connectivity index (χ2n) is 3.19. The molecular weight excluding hydrogens is 279 g/mol. The molecular formula is C9H13AsO6. The molecule has 1 aromatic rings. The molecule has 0 saturated heterocycles. The Hall–Kier alpha value is -0.782. The summed E-state index contributed by atoms with van der Waals surface area (Å²) in [5, 5.41) is 17.5. The molecule has 0 aliphatic carbocycles. The van der Waals surface area contributed by atoms with Crippen molar-refractivity contribution in [2.75, 3.05) is 13.2 Å². The first-order chi connectivity index (χ1) is 7.43. The van der Waals surface area contributed by atoms with Crippen LogP contribution in [0.4, 0.5) is 0 Å². The second-order valence-corrected chi connectivity index (χ2v) is 6.55. The molecule has 0 fully saturated rings. The summed E-state index contributed by atoms with van der Waals surface area (Å²) in [6, 6.07) is 5.36. The van der Waals surface area contributed by atoms with Crippen molar-refractivity contribution in [1.82, 2.24) is 0 Å². The van der Waals surface area contributed by atoms with E-state index in [2.05, 4.69) is 0 Å². The summed E-state index contributed by atoms with van der Waals surface area (Å²) in [5.74, 6) is 0.375. The number of benzene rings is 1. The molecule has 0 spiro atoms. The van der Waals surface area contributed by atoms with Crippen LogP contribution in [0.2, 0.25) is 0 Å². The van der Waals surface area contributed by atoms with Crippen LogP contribution in [0, 0.1) is 0 Å². The number of rotatable bonds is 5. The van der Waals surface area contributed by atoms with Crippen molar-refractivity contribution in [1.29, 1.82) is 0 Å². The minimum atomic E-state index is -4.83. The molecule has 0 amide bonds. The molecule has 0 aromatic heterocycles. The Bertz CT molecular complexity index is 370. The molecule has 1 unspecified atom stereocenters. The number of aliphatic hydroxyl groups excluding tert-OH is 2. The number of hydrogen-bond acceptors (Lipinski definition) is 4. The molecule has 0 radical (unpaired) electrons. The van der Waals surface area contributed by atoms with E-state index < -0.39 is 26.9 Å². The number of aliphatic hydroxyl groups is 2. The van der Waals surface area contributed by atoms with E-state index >= 15 is 0 Å². The van der Waals surface area contributed by atoms with Gasteiger partial charge in [0.1, 0.15) is 0 Å². The van der Waals surface area contributed by atoms with Crippen molar-refractivity contribution < 1.29 is 26.9 Å². The quantitative estimate of drug-likeness (QED) is 0.467. The molecule has 6 nitrogen and oxygen atoms in total. The summed E-state index contributed by atoms with van der Waals surface area (Å²) in [5.41, 5.74) is 0. The molecule has 1 atom stereocenters. The molecule has 1 rings (SSSR count). The van der Waals surface area contributed by atoms with Gasteiger partial charge in [0.05, 0.1) is 0 Å². The van der Waals surface area contributed by atoms with Crippen molar-refractivity contribution in [3.8, 4) is 5.75 Å². The molecule has 90 valence electrons. The third-order valence-electron chi connectivity index (χ3n) is 1.83. The summed E-state index contributed by atoms with van der Waals surface area (Å²) >= 11 is -4.83. The van der Waals surface area contributed by atoms with Crippen LogP contribution in [-0.4, -0.2) is 51.9 Å². The fourth-order valence-corrected chi connectivity index (χ4v) is 2.11. The van der Waals surface area contributed by atoms with Gasteiger partial charge in [-0.2, -0.15) is 0 Å². The Morgan fingerprint density at radius 1 is 1.25 bits per heavy atom. The van der Waals surface area contributed by atoms with E-state index in [1.165, 1.54) is 24.3 Å². The van der Waals surface area contributed by atoms with Crippen LogP contribution < -0.4 is 9.09 Å². The summed E-state index contributed by atoms with van der Waals surface area (Å²) in [6.45, 7) is -0.472. The maximum atomic E-state index is 10.9. The molecule has 0 heterocycles. The number of hydrogen-bond donors (Lipinski definition) is 4. The first-order valence-electron chi connectivity index (χ1n) is 4.51. The molecule has 0 aliphatic heterocycles. The first kappa shape index (κ1) is 13.3. The molecule has 0 bridgehead atoms. The SMILES string of the molecule is O=[As](O)(O)c1ccc(OCC(O)CO)cc1. The van der Waals surface area contributed by atoms with Gasteiger partial charge in [-0.3, -0.25) is 0 Å². The third kappa shape index (κ3) is 4.00. The Morgan fingerprint density at radius 3 is 2.25 bits per heavy atom. The van der Waals surface area contributed by atoms with Crippen LogP contribution in [-0.2, 0) is 3.74 Å². The normalized spacial score (nSPS) is 13.5. The zero-order valence-corrected chi connectivity index (χ0v) is 10.2. The van der Waals surface area contributed by atoms with Crippen LogP contribution in [0.3, 0.4) is 0 Å². The predicted octanol–water partition coefficient (Wildman–Crippen LogP) is -2.02. The number of ether oxygens (including phenoxy) is 1. The van der Waals surface area contributed by atoms with Crippen molar-refractivity contribution in [2.45, 2.75) is 6.10 Å². The van der Waals surface area contributed by atoms with Gasteiger partial charge in [-0.15, -0.1) is 0 Å². The van der Waals surface area contributed by atoms with E-state index in [1.54, 1.807) is 0 Å². The van der Waals surface area contributed by atoms with Gasteiger partial charge in [0, 0.05) is 0 Å². The third-order valence-corrected chi connectivity index (χ3v) is 3.86. The van der Waals surface area contributed by atoms with E-state index in [0.717, 1.165) is 0 Å². The average Bonchev–Trinajstić information content (AvgIpc) is 2.25. The monoisotopic (exact) mass is 292 g/mol. The molecule has 0 aliphatic rings. The fraction of sp³-hybridized carbons (Fsp3) is 0.333. The standard InChI is InChI=1S/C9H13AsO6/c11-5-8(12)6-16-9-3-1-7(2-4-9)10(13,14)15/h1-4,8,11-12H,5-6H2,(H2,13,14,15). The molecule has 0 saturated carbocycles. The van der Waals surface area contributed by atoms with Crippen molar-refractivity contribution in [3.63, 3.8) is 0 Å². The van der Waals surface area contributed by atoms with Gasteiger partial charge in [-0.1, -0.05) is 0 Å². The van der Waals surface area contributed by atoms with Gasteiger partial charge >= 0.3 is 94.7 Å². The van der Waals surface area contributed by atoms with Crippen molar-refractivity contribution in [2.24, 2.45) is 0 Å². The van der Waals surface area contributed by atoms with Crippen LogP contribution in [0.15, 0.2) is 24.3 Å². The Balaban J connectivity index is 2.62. The molecule has 7 heteroatoms. The topological polar surface area (TPSA) is 107 Å². The predicted molar refractivity (Wildman–Crippen MR) is 55.5 cm³/mol. The van der Waals surface area contributed by atoms with E-state index in [9.17, 15) is 3.74 Å². The summed E-state index contributed by atoms with van der Waals surface area (Å²) in [6.07, 6.45) is -0.967. The van der Waals surface area contributed by atoms with Crippen LogP contribution in [0.1, 0.15) is 0 Å². The molecule has 16 heavy (non-hydrogen) atoms. The molecule has 4 N–H and O–H groups in total. The Labute approximate surface area is 95.1 Å². The van der Waals surface area contributed by atoms with Crippen molar-refractivity contribution >= 4 is 18.5 Å². The van der Waals surface area contributed by atoms with Gasteiger partial charge < -0.3 is 0 Å². The molecule has 1 aromatic carbocycles. The average molecular weight is 292 g/mol. The summed E-state index contributed by atoms with van der Waals surface area (Å²) in [7, 11) is 0. The van der Waals surface area contributed by atoms with Crippen LogP contribution >= 0.6 is 0 Å². The summed E-state index contributed by atoms with van der Waals surface area (Å²) in [4.78, 5) is 0. The minimum absolute atomic E-state index is 0.0341. The van der Waals surface area contributed by atoms with E-state index in [1.807, 2.05) is 0 Å². The fourth-order valence-electron chi connectivity index (χ4n) is 0.982. The van der Waals surface area contributed by atoms with E-state index in [4.69, 9.17) is 23.1 Å². The zero-order valence-electron chi connectivity index (χ0n) is 8.35.